The first-order chi connectivity index (χ1) is 5.15. The standard InChI is InChI=1S/C7H11IO3/c1-4(2)6-5(3-8)10-7(9)11-6/h4-6H,3H2,1-2H3. The molecule has 2 unspecified atom stereocenters. The highest BCUT2D eigenvalue weighted by molar-refractivity contribution is 14.1. The highest BCUT2D eigenvalue weighted by Gasteiger charge is 2.37. The molecule has 0 aromatic rings. The monoisotopic (exact) mass is 270 g/mol. The largest absolute Gasteiger partial charge is 0.509 e. The number of ether oxygens (including phenoxy) is 2. The van der Waals surface area contributed by atoms with Crippen molar-refractivity contribution in [2.75, 3.05) is 4.43 Å². The predicted molar refractivity (Wildman–Crippen MR) is 48.9 cm³/mol. The molecular weight excluding hydrogens is 259 g/mol. The van der Waals surface area contributed by atoms with E-state index in [0.717, 1.165) is 4.43 Å². The molecular formula is C7H11IO3. The summed E-state index contributed by atoms with van der Waals surface area (Å²) in [5, 5.41) is 0. The number of carbonyl (C=O) groups excluding carboxylic acids is 1. The van der Waals surface area contributed by atoms with Gasteiger partial charge in [0.1, 0.15) is 6.10 Å². The van der Waals surface area contributed by atoms with E-state index < -0.39 is 6.16 Å². The van der Waals surface area contributed by atoms with Gasteiger partial charge in [0.05, 0.1) is 0 Å². The van der Waals surface area contributed by atoms with E-state index in [1.807, 2.05) is 13.8 Å². The average Bonchev–Trinajstić information content (AvgIpc) is 2.30. The maximum absolute atomic E-state index is 10.7. The zero-order valence-corrected chi connectivity index (χ0v) is 8.70. The van der Waals surface area contributed by atoms with E-state index in [1.54, 1.807) is 0 Å². The molecule has 0 amide bonds. The summed E-state index contributed by atoms with van der Waals surface area (Å²) in [6, 6.07) is 0. The molecule has 3 nitrogen and oxygen atoms in total. The van der Waals surface area contributed by atoms with Gasteiger partial charge in [0.15, 0.2) is 6.10 Å². The van der Waals surface area contributed by atoms with Gasteiger partial charge in [-0.25, -0.2) is 4.79 Å². The maximum Gasteiger partial charge on any atom is 0.509 e. The lowest BCUT2D eigenvalue weighted by Gasteiger charge is -2.15. The molecule has 1 aliphatic rings. The van der Waals surface area contributed by atoms with E-state index in [9.17, 15) is 4.79 Å². The van der Waals surface area contributed by atoms with Crippen LogP contribution in [0.4, 0.5) is 4.79 Å². The second-order valence-electron chi connectivity index (χ2n) is 2.89. The van der Waals surface area contributed by atoms with E-state index in [-0.39, 0.29) is 12.2 Å². The van der Waals surface area contributed by atoms with Gasteiger partial charge in [-0.2, -0.15) is 0 Å². The molecule has 0 radical (unpaired) electrons. The van der Waals surface area contributed by atoms with Gasteiger partial charge in [-0.05, 0) is 5.92 Å². The first-order valence-electron chi connectivity index (χ1n) is 3.58. The normalized spacial score (nSPS) is 30.4. The average molecular weight is 270 g/mol. The van der Waals surface area contributed by atoms with Crippen LogP contribution in [0.3, 0.4) is 0 Å². The van der Waals surface area contributed by atoms with Crippen LogP contribution in [0.1, 0.15) is 13.8 Å². The van der Waals surface area contributed by atoms with Crippen molar-refractivity contribution >= 4 is 28.7 Å². The Bertz CT molecular complexity index is 158. The second kappa shape index (κ2) is 3.60. The molecule has 0 aliphatic carbocycles. The fourth-order valence-corrected chi connectivity index (χ4v) is 1.77. The van der Waals surface area contributed by atoms with Crippen LogP contribution in [0.5, 0.6) is 0 Å². The van der Waals surface area contributed by atoms with Gasteiger partial charge in [0.25, 0.3) is 0 Å². The molecule has 1 rings (SSSR count). The lowest BCUT2D eigenvalue weighted by atomic mass is 10.0. The number of hydrogen-bond acceptors (Lipinski definition) is 3. The number of carbonyl (C=O) groups is 1. The topological polar surface area (TPSA) is 35.5 Å². The van der Waals surface area contributed by atoms with Gasteiger partial charge in [0.2, 0.25) is 0 Å². The van der Waals surface area contributed by atoms with Gasteiger partial charge < -0.3 is 9.47 Å². The molecule has 0 aromatic carbocycles. The van der Waals surface area contributed by atoms with Crippen LogP contribution in [-0.2, 0) is 9.47 Å². The van der Waals surface area contributed by atoms with Crippen molar-refractivity contribution in [3.8, 4) is 0 Å². The van der Waals surface area contributed by atoms with Crippen LogP contribution >= 0.6 is 22.6 Å². The van der Waals surface area contributed by atoms with Crippen molar-refractivity contribution in [2.45, 2.75) is 26.1 Å². The molecule has 1 heterocycles. The van der Waals surface area contributed by atoms with Crippen molar-refractivity contribution in [3.63, 3.8) is 0 Å². The van der Waals surface area contributed by atoms with Crippen molar-refractivity contribution in [3.05, 3.63) is 0 Å². The third kappa shape index (κ3) is 1.98. The summed E-state index contributed by atoms with van der Waals surface area (Å²) >= 11 is 2.19. The summed E-state index contributed by atoms with van der Waals surface area (Å²) in [5.41, 5.74) is 0. The highest BCUT2D eigenvalue weighted by atomic mass is 127. The molecule has 0 aromatic heterocycles. The zero-order valence-electron chi connectivity index (χ0n) is 6.54. The Morgan fingerprint density at radius 1 is 1.55 bits per heavy atom. The van der Waals surface area contributed by atoms with Crippen molar-refractivity contribution in [1.82, 2.24) is 0 Å². The van der Waals surface area contributed by atoms with Crippen molar-refractivity contribution < 1.29 is 14.3 Å². The SMILES string of the molecule is CC(C)C1OC(=O)OC1CI. The zero-order chi connectivity index (χ0) is 8.43. The lowest BCUT2D eigenvalue weighted by molar-refractivity contribution is 0.104. The summed E-state index contributed by atoms with van der Waals surface area (Å²) in [7, 11) is 0. The smallest absolute Gasteiger partial charge is 0.427 e. The molecule has 0 bridgehead atoms. The van der Waals surface area contributed by atoms with E-state index in [2.05, 4.69) is 22.6 Å². The minimum absolute atomic E-state index is 0.0527. The Morgan fingerprint density at radius 2 is 2.18 bits per heavy atom. The Hall–Kier alpha value is 0. The Balaban J connectivity index is 2.57. The summed E-state index contributed by atoms with van der Waals surface area (Å²) in [5.74, 6) is 0.334. The van der Waals surface area contributed by atoms with Gasteiger partial charge in [-0.1, -0.05) is 36.4 Å². The fraction of sp³-hybridized carbons (Fsp3) is 0.857. The summed E-state index contributed by atoms with van der Waals surface area (Å²) in [4.78, 5) is 10.7. The number of halogens is 1. The Labute approximate surface area is 79.6 Å². The van der Waals surface area contributed by atoms with Crippen LogP contribution in [0.2, 0.25) is 0 Å². The Morgan fingerprint density at radius 3 is 2.55 bits per heavy atom. The molecule has 1 fully saturated rings. The van der Waals surface area contributed by atoms with Crippen molar-refractivity contribution in [2.24, 2.45) is 5.92 Å². The van der Waals surface area contributed by atoms with E-state index in [4.69, 9.17) is 9.47 Å². The quantitative estimate of drug-likeness (QED) is 0.437. The molecule has 64 valence electrons. The van der Waals surface area contributed by atoms with Gasteiger partial charge in [-0.3, -0.25) is 0 Å². The van der Waals surface area contributed by atoms with Crippen LogP contribution in [0, 0.1) is 5.92 Å². The number of cyclic esters (lactones) is 2. The summed E-state index contributed by atoms with van der Waals surface area (Å²) < 4.78 is 10.7. The second-order valence-corrected chi connectivity index (χ2v) is 3.77. The van der Waals surface area contributed by atoms with E-state index in [1.165, 1.54) is 0 Å². The minimum Gasteiger partial charge on any atom is -0.427 e. The Kier molecular flexibility index (Phi) is 2.98. The van der Waals surface area contributed by atoms with Crippen LogP contribution in [-0.4, -0.2) is 22.8 Å². The number of rotatable bonds is 2. The molecule has 1 saturated heterocycles. The molecule has 1 aliphatic heterocycles. The molecule has 0 saturated carbocycles. The fourth-order valence-electron chi connectivity index (χ4n) is 1.09. The van der Waals surface area contributed by atoms with Crippen LogP contribution in [0.15, 0.2) is 0 Å². The highest BCUT2D eigenvalue weighted by Crippen LogP contribution is 2.23. The van der Waals surface area contributed by atoms with Crippen LogP contribution in [0.25, 0.3) is 0 Å². The first-order valence-corrected chi connectivity index (χ1v) is 5.11. The van der Waals surface area contributed by atoms with E-state index in [0.29, 0.717) is 5.92 Å². The number of hydrogen-bond donors (Lipinski definition) is 0. The van der Waals surface area contributed by atoms with E-state index >= 15 is 0 Å². The molecule has 0 spiro atoms. The molecule has 4 heteroatoms. The lowest BCUT2D eigenvalue weighted by Crippen LogP contribution is -2.28. The number of alkyl halides is 1. The van der Waals surface area contributed by atoms with Crippen molar-refractivity contribution in [1.29, 1.82) is 0 Å². The third-order valence-electron chi connectivity index (χ3n) is 1.66. The van der Waals surface area contributed by atoms with Gasteiger partial charge >= 0.3 is 6.16 Å². The van der Waals surface area contributed by atoms with Gasteiger partial charge in [-0.15, -0.1) is 0 Å². The first kappa shape index (κ1) is 9.09. The molecule has 11 heavy (non-hydrogen) atoms. The predicted octanol–water partition coefficient (Wildman–Crippen LogP) is 1.98. The minimum atomic E-state index is -0.523. The third-order valence-corrected chi connectivity index (χ3v) is 2.52. The summed E-state index contributed by atoms with van der Waals surface area (Å²) in [6.45, 7) is 4.04. The van der Waals surface area contributed by atoms with Gasteiger partial charge in [0, 0.05) is 4.43 Å². The molecule has 0 N–H and O–H groups in total. The molecule has 2 atom stereocenters. The van der Waals surface area contributed by atoms with Crippen LogP contribution < -0.4 is 0 Å². The summed E-state index contributed by atoms with van der Waals surface area (Å²) in [6.07, 6.45) is -0.632. The maximum atomic E-state index is 10.7.